The number of alkyl halides is 3. The smallest absolute Gasteiger partial charge is 0.334 e. The van der Waals surface area contributed by atoms with Gasteiger partial charge in [-0.05, 0) is 43.2 Å². The van der Waals surface area contributed by atoms with E-state index in [9.17, 15) is 18.0 Å². The molecule has 4 rings (SSSR count). The molecule has 1 aliphatic rings. The van der Waals surface area contributed by atoms with E-state index in [-0.39, 0.29) is 23.3 Å². The standard InChI is InChI=1S/C25H25ClF3N3O/c1-24(2)16-31(13-12-30-24)23(33)22-20(18-8-10-19(26)11-9-18)14-21(25(27,28)29)32(22)15-17-6-4-3-5-7-17/h3-11,14,30H,12-13,15-16H2,1-2H3. The van der Waals surface area contributed by atoms with E-state index in [1.54, 1.807) is 59.5 Å². The van der Waals surface area contributed by atoms with Crippen LogP contribution in [0.3, 0.4) is 0 Å². The molecule has 1 aliphatic heterocycles. The van der Waals surface area contributed by atoms with E-state index < -0.39 is 17.8 Å². The fourth-order valence-corrected chi connectivity index (χ4v) is 4.38. The fourth-order valence-electron chi connectivity index (χ4n) is 4.26. The summed E-state index contributed by atoms with van der Waals surface area (Å²) in [4.78, 5) is 15.4. The zero-order valence-electron chi connectivity index (χ0n) is 18.4. The molecule has 1 aromatic heterocycles. The average molecular weight is 476 g/mol. The number of piperazine rings is 1. The molecule has 33 heavy (non-hydrogen) atoms. The van der Waals surface area contributed by atoms with E-state index in [4.69, 9.17) is 11.6 Å². The van der Waals surface area contributed by atoms with E-state index in [1.807, 2.05) is 13.8 Å². The summed E-state index contributed by atoms with van der Waals surface area (Å²) in [5.74, 6) is -0.416. The highest BCUT2D eigenvalue weighted by atomic mass is 35.5. The molecule has 1 fully saturated rings. The van der Waals surface area contributed by atoms with Crippen molar-refractivity contribution in [3.63, 3.8) is 0 Å². The maximum absolute atomic E-state index is 14.2. The Balaban J connectivity index is 1.90. The van der Waals surface area contributed by atoms with Crippen molar-refractivity contribution in [3.05, 3.63) is 82.6 Å². The highest BCUT2D eigenvalue weighted by Gasteiger charge is 2.40. The minimum Gasteiger partial charge on any atom is -0.334 e. The summed E-state index contributed by atoms with van der Waals surface area (Å²) in [6, 6.07) is 16.4. The average Bonchev–Trinajstić information content (AvgIpc) is 3.13. The van der Waals surface area contributed by atoms with Crippen LogP contribution >= 0.6 is 11.6 Å². The SMILES string of the molecule is CC1(C)CN(C(=O)c2c(-c3ccc(Cl)cc3)cc(C(F)(F)F)n2Cc2ccccc2)CCN1. The highest BCUT2D eigenvalue weighted by molar-refractivity contribution is 6.30. The molecular formula is C25H25ClF3N3O. The van der Waals surface area contributed by atoms with E-state index in [1.165, 1.54) is 0 Å². The number of hydrogen-bond donors (Lipinski definition) is 1. The van der Waals surface area contributed by atoms with Gasteiger partial charge in [-0.3, -0.25) is 4.79 Å². The Morgan fingerprint density at radius 3 is 2.36 bits per heavy atom. The molecule has 8 heteroatoms. The lowest BCUT2D eigenvalue weighted by molar-refractivity contribution is -0.143. The van der Waals surface area contributed by atoms with Gasteiger partial charge in [0, 0.05) is 42.3 Å². The zero-order chi connectivity index (χ0) is 23.8. The number of nitrogens with zero attached hydrogens (tertiary/aromatic N) is 2. The number of benzene rings is 2. The third-order valence-electron chi connectivity index (χ3n) is 5.79. The van der Waals surface area contributed by atoms with Gasteiger partial charge in [0.05, 0.1) is 0 Å². The van der Waals surface area contributed by atoms with Gasteiger partial charge in [0.2, 0.25) is 0 Å². The Morgan fingerprint density at radius 2 is 1.76 bits per heavy atom. The summed E-state index contributed by atoms with van der Waals surface area (Å²) < 4.78 is 43.6. The monoisotopic (exact) mass is 475 g/mol. The minimum absolute atomic E-state index is 0.0335. The number of carbonyl (C=O) groups excluding carboxylic acids is 1. The number of halogens is 4. The zero-order valence-corrected chi connectivity index (χ0v) is 19.2. The lowest BCUT2D eigenvalue weighted by Gasteiger charge is -2.39. The molecule has 0 bridgehead atoms. The number of amides is 1. The van der Waals surface area contributed by atoms with Gasteiger partial charge < -0.3 is 14.8 Å². The predicted octanol–water partition coefficient (Wildman–Crippen LogP) is 5.70. The maximum Gasteiger partial charge on any atom is 0.431 e. The van der Waals surface area contributed by atoms with Gasteiger partial charge in [-0.25, -0.2) is 0 Å². The van der Waals surface area contributed by atoms with Crippen molar-refractivity contribution in [1.82, 2.24) is 14.8 Å². The van der Waals surface area contributed by atoms with Crippen molar-refractivity contribution in [2.24, 2.45) is 0 Å². The Hall–Kier alpha value is -2.77. The minimum atomic E-state index is -4.63. The molecule has 1 saturated heterocycles. The Bertz CT molecular complexity index is 1140. The van der Waals surface area contributed by atoms with Crippen molar-refractivity contribution in [2.75, 3.05) is 19.6 Å². The van der Waals surface area contributed by atoms with E-state index in [0.29, 0.717) is 35.8 Å². The first-order valence-corrected chi connectivity index (χ1v) is 11.1. The van der Waals surface area contributed by atoms with Crippen LogP contribution < -0.4 is 5.32 Å². The quantitative estimate of drug-likeness (QED) is 0.525. The molecule has 0 unspecified atom stereocenters. The van der Waals surface area contributed by atoms with Crippen LogP contribution in [0.5, 0.6) is 0 Å². The molecule has 1 N–H and O–H groups in total. The van der Waals surface area contributed by atoms with Gasteiger partial charge in [-0.15, -0.1) is 0 Å². The van der Waals surface area contributed by atoms with Crippen molar-refractivity contribution in [2.45, 2.75) is 32.1 Å². The summed E-state index contributed by atoms with van der Waals surface area (Å²) in [7, 11) is 0. The maximum atomic E-state index is 14.2. The second kappa shape index (κ2) is 8.88. The van der Waals surface area contributed by atoms with Gasteiger partial charge in [-0.2, -0.15) is 13.2 Å². The van der Waals surface area contributed by atoms with Crippen LogP contribution in [0.2, 0.25) is 5.02 Å². The second-order valence-electron chi connectivity index (χ2n) is 8.91. The number of nitrogens with one attached hydrogen (secondary N) is 1. The number of hydrogen-bond acceptors (Lipinski definition) is 2. The summed E-state index contributed by atoms with van der Waals surface area (Å²) >= 11 is 6.00. The van der Waals surface area contributed by atoms with E-state index >= 15 is 0 Å². The van der Waals surface area contributed by atoms with Crippen LogP contribution in [-0.4, -0.2) is 40.5 Å². The van der Waals surface area contributed by atoms with Crippen LogP contribution in [0.25, 0.3) is 11.1 Å². The molecule has 0 saturated carbocycles. The molecule has 2 aromatic carbocycles. The number of rotatable bonds is 4. The summed E-state index contributed by atoms with van der Waals surface area (Å²) in [5, 5.41) is 3.80. The Morgan fingerprint density at radius 1 is 1.09 bits per heavy atom. The summed E-state index contributed by atoms with van der Waals surface area (Å²) in [6.07, 6.45) is -4.63. The predicted molar refractivity (Wildman–Crippen MR) is 123 cm³/mol. The first-order valence-electron chi connectivity index (χ1n) is 10.7. The molecule has 0 radical (unpaired) electrons. The Labute approximate surface area is 196 Å². The molecule has 0 aliphatic carbocycles. The molecule has 0 atom stereocenters. The molecule has 3 aromatic rings. The summed E-state index contributed by atoms with van der Waals surface area (Å²) in [5.41, 5.74) is 0.278. The van der Waals surface area contributed by atoms with Crippen molar-refractivity contribution < 1.29 is 18.0 Å². The van der Waals surface area contributed by atoms with Gasteiger partial charge in [0.1, 0.15) is 11.4 Å². The number of carbonyl (C=O) groups is 1. The highest BCUT2D eigenvalue weighted by Crippen LogP contribution is 2.38. The topological polar surface area (TPSA) is 37.3 Å². The van der Waals surface area contributed by atoms with Crippen molar-refractivity contribution in [1.29, 1.82) is 0 Å². The molecule has 0 spiro atoms. The lowest BCUT2D eigenvalue weighted by Crippen LogP contribution is -2.58. The van der Waals surface area contributed by atoms with Crippen molar-refractivity contribution >= 4 is 17.5 Å². The lowest BCUT2D eigenvalue weighted by atomic mass is 10.0. The fraction of sp³-hybridized carbons (Fsp3) is 0.320. The van der Waals surface area contributed by atoms with E-state index in [2.05, 4.69) is 5.32 Å². The van der Waals surface area contributed by atoms with Crippen LogP contribution in [-0.2, 0) is 12.7 Å². The van der Waals surface area contributed by atoms with Gasteiger partial charge in [-0.1, -0.05) is 54.1 Å². The van der Waals surface area contributed by atoms with Crippen LogP contribution in [0.1, 0.15) is 35.6 Å². The van der Waals surface area contributed by atoms with Crippen molar-refractivity contribution in [3.8, 4) is 11.1 Å². The first-order chi connectivity index (χ1) is 15.5. The second-order valence-corrected chi connectivity index (χ2v) is 9.34. The van der Waals surface area contributed by atoms with Gasteiger partial charge in [0.15, 0.2) is 0 Å². The van der Waals surface area contributed by atoms with Gasteiger partial charge in [0.25, 0.3) is 5.91 Å². The van der Waals surface area contributed by atoms with E-state index in [0.717, 1.165) is 10.6 Å². The van der Waals surface area contributed by atoms with Crippen LogP contribution in [0.15, 0.2) is 60.7 Å². The largest absolute Gasteiger partial charge is 0.431 e. The summed E-state index contributed by atoms with van der Waals surface area (Å²) in [6.45, 7) is 5.25. The number of aromatic nitrogens is 1. The van der Waals surface area contributed by atoms with Crippen LogP contribution in [0.4, 0.5) is 13.2 Å². The Kier molecular flexibility index (Phi) is 6.29. The van der Waals surface area contributed by atoms with Crippen LogP contribution in [0, 0.1) is 0 Å². The normalized spacial score (nSPS) is 16.1. The third-order valence-corrected chi connectivity index (χ3v) is 6.04. The molecule has 4 nitrogen and oxygen atoms in total. The third kappa shape index (κ3) is 5.09. The first kappa shape index (κ1) is 23.4. The molecule has 2 heterocycles. The molecule has 174 valence electrons. The molecule has 1 amide bonds. The van der Waals surface area contributed by atoms with Gasteiger partial charge >= 0.3 is 6.18 Å². The molecular weight excluding hydrogens is 451 g/mol.